The number of esters is 1. The number of rotatable bonds is 7. The van der Waals surface area contributed by atoms with Gasteiger partial charge in [0, 0.05) is 25.8 Å². The van der Waals surface area contributed by atoms with Crippen LogP contribution in [0, 0.1) is 5.41 Å². The van der Waals surface area contributed by atoms with Crippen molar-refractivity contribution in [2.24, 2.45) is 10.4 Å². The molecule has 0 bridgehead atoms. The SMILES string of the molecule is CCOC(=O)C1(C/N=C/Cc2ccc(-c3ccc(C(F)(F)F)cc3)cc2)CCOCC1. The Morgan fingerprint density at radius 2 is 1.65 bits per heavy atom. The largest absolute Gasteiger partial charge is 0.466 e. The predicted octanol–water partition coefficient (Wildman–Crippen LogP) is 5.35. The fourth-order valence-corrected chi connectivity index (χ4v) is 3.57. The van der Waals surface area contributed by atoms with Crippen molar-refractivity contribution in [2.75, 3.05) is 26.4 Å². The molecule has 0 unspecified atom stereocenters. The average Bonchev–Trinajstić information content (AvgIpc) is 2.77. The van der Waals surface area contributed by atoms with E-state index in [2.05, 4.69) is 4.99 Å². The third kappa shape index (κ3) is 5.94. The van der Waals surface area contributed by atoms with E-state index in [1.807, 2.05) is 24.3 Å². The lowest BCUT2D eigenvalue weighted by Gasteiger charge is -2.33. The van der Waals surface area contributed by atoms with E-state index in [4.69, 9.17) is 9.47 Å². The maximum atomic E-state index is 12.7. The zero-order chi connectivity index (χ0) is 22.3. The summed E-state index contributed by atoms with van der Waals surface area (Å²) in [6.45, 7) is 3.57. The molecule has 0 radical (unpaired) electrons. The highest BCUT2D eigenvalue weighted by molar-refractivity contribution is 5.77. The number of hydrogen-bond donors (Lipinski definition) is 0. The molecule has 0 aliphatic carbocycles. The van der Waals surface area contributed by atoms with Crippen molar-refractivity contribution < 1.29 is 27.4 Å². The topological polar surface area (TPSA) is 47.9 Å². The van der Waals surface area contributed by atoms with E-state index < -0.39 is 17.2 Å². The van der Waals surface area contributed by atoms with E-state index in [9.17, 15) is 18.0 Å². The minimum atomic E-state index is -4.34. The van der Waals surface area contributed by atoms with E-state index in [0.29, 0.717) is 45.6 Å². The van der Waals surface area contributed by atoms with Crippen molar-refractivity contribution in [1.29, 1.82) is 0 Å². The monoisotopic (exact) mass is 433 g/mol. The number of carbonyl (C=O) groups is 1. The fraction of sp³-hybridized carbons (Fsp3) is 0.417. The van der Waals surface area contributed by atoms with Crippen LogP contribution in [-0.2, 0) is 26.9 Å². The molecule has 0 atom stereocenters. The minimum Gasteiger partial charge on any atom is -0.466 e. The first-order valence-corrected chi connectivity index (χ1v) is 10.3. The maximum absolute atomic E-state index is 12.7. The van der Waals surface area contributed by atoms with Crippen LogP contribution in [0.15, 0.2) is 53.5 Å². The Morgan fingerprint density at radius 3 is 2.19 bits per heavy atom. The van der Waals surface area contributed by atoms with E-state index in [1.54, 1.807) is 13.1 Å². The lowest BCUT2D eigenvalue weighted by atomic mass is 9.80. The van der Waals surface area contributed by atoms with Crippen LogP contribution in [0.2, 0.25) is 0 Å². The molecule has 7 heteroatoms. The van der Waals surface area contributed by atoms with Gasteiger partial charge in [0.1, 0.15) is 0 Å². The Bertz CT molecular complexity index is 884. The molecule has 166 valence electrons. The Balaban J connectivity index is 1.59. The van der Waals surface area contributed by atoms with E-state index >= 15 is 0 Å². The van der Waals surface area contributed by atoms with Crippen LogP contribution in [0.5, 0.6) is 0 Å². The molecule has 1 aliphatic heterocycles. The summed E-state index contributed by atoms with van der Waals surface area (Å²) in [6.07, 6.45) is -0.736. The molecule has 1 fully saturated rings. The summed E-state index contributed by atoms with van der Waals surface area (Å²) in [5, 5.41) is 0. The van der Waals surface area contributed by atoms with Crippen LogP contribution < -0.4 is 0 Å². The highest BCUT2D eigenvalue weighted by Gasteiger charge is 2.41. The van der Waals surface area contributed by atoms with Crippen molar-refractivity contribution in [3.05, 3.63) is 59.7 Å². The van der Waals surface area contributed by atoms with Crippen LogP contribution >= 0.6 is 0 Å². The van der Waals surface area contributed by atoms with Gasteiger partial charge in [0.15, 0.2) is 0 Å². The number of nitrogens with zero attached hydrogens (tertiary/aromatic N) is 1. The average molecular weight is 433 g/mol. The Kier molecular flexibility index (Phi) is 7.49. The second-order valence-electron chi connectivity index (χ2n) is 7.61. The minimum absolute atomic E-state index is 0.212. The van der Waals surface area contributed by atoms with Crippen LogP contribution in [0.3, 0.4) is 0 Å². The number of aliphatic imine (C=N–C) groups is 1. The molecule has 1 saturated heterocycles. The summed E-state index contributed by atoms with van der Waals surface area (Å²) in [5.41, 5.74) is 1.32. The predicted molar refractivity (Wildman–Crippen MR) is 113 cm³/mol. The Hall–Kier alpha value is -2.67. The fourth-order valence-electron chi connectivity index (χ4n) is 3.57. The summed E-state index contributed by atoms with van der Waals surface area (Å²) < 4.78 is 48.7. The van der Waals surface area contributed by atoms with E-state index in [1.165, 1.54) is 12.1 Å². The smallest absolute Gasteiger partial charge is 0.416 e. The van der Waals surface area contributed by atoms with Crippen molar-refractivity contribution in [3.8, 4) is 11.1 Å². The Labute approximate surface area is 180 Å². The van der Waals surface area contributed by atoms with Gasteiger partial charge in [-0.15, -0.1) is 0 Å². The maximum Gasteiger partial charge on any atom is 0.416 e. The van der Waals surface area contributed by atoms with Crippen molar-refractivity contribution in [1.82, 2.24) is 0 Å². The molecule has 0 amide bonds. The second kappa shape index (κ2) is 10.1. The standard InChI is InChI=1S/C24H26F3NO3/c1-2-31-22(29)23(12-15-30-16-13-23)17-28-14-11-18-3-5-19(6-4-18)20-7-9-21(10-8-20)24(25,26)27/h3-10,14H,2,11-13,15-17H2,1H3/b28-14+. The highest BCUT2D eigenvalue weighted by Crippen LogP contribution is 2.33. The van der Waals surface area contributed by atoms with Gasteiger partial charge in [0.25, 0.3) is 0 Å². The van der Waals surface area contributed by atoms with E-state index in [0.717, 1.165) is 28.8 Å². The molecule has 0 N–H and O–H groups in total. The van der Waals surface area contributed by atoms with Crippen LogP contribution in [-0.4, -0.2) is 38.5 Å². The first kappa shape index (κ1) is 23.0. The second-order valence-corrected chi connectivity index (χ2v) is 7.61. The zero-order valence-corrected chi connectivity index (χ0v) is 17.5. The number of halogens is 3. The van der Waals surface area contributed by atoms with Gasteiger partial charge in [-0.1, -0.05) is 36.4 Å². The summed E-state index contributed by atoms with van der Waals surface area (Å²) in [7, 11) is 0. The first-order chi connectivity index (χ1) is 14.8. The third-order valence-electron chi connectivity index (χ3n) is 5.51. The van der Waals surface area contributed by atoms with Gasteiger partial charge in [-0.25, -0.2) is 0 Å². The number of ether oxygens (including phenoxy) is 2. The summed E-state index contributed by atoms with van der Waals surface area (Å²) in [5.74, 6) is -0.212. The van der Waals surface area contributed by atoms with Gasteiger partial charge in [0.05, 0.1) is 24.1 Å². The highest BCUT2D eigenvalue weighted by atomic mass is 19.4. The number of carbonyl (C=O) groups excluding carboxylic acids is 1. The van der Waals surface area contributed by atoms with Gasteiger partial charge in [-0.05, 0) is 48.6 Å². The molecule has 2 aromatic carbocycles. The van der Waals surface area contributed by atoms with Crippen molar-refractivity contribution >= 4 is 12.2 Å². The summed E-state index contributed by atoms with van der Waals surface area (Å²) >= 11 is 0. The van der Waals surface area contributed by atoms with Gasteiger partial charge in [0.2, 0.25) is 0 Å². The van der Waals surface area contributed by atoms with Gasteiger partial charge in [-0.3, -0.25) is 9.79 Å². The molecule has 1 aliphatic rings. The molecular weight excluding hydrogens is 407 g/mol. The van der Waals surface area contributed by atoms with Gasteiger partial charge < -0.3 is 9.47 Å². The lowest BCUT2D eigenvalue weighted by Crippen LogP contribution is -2.41. The van der Waals surface area contributed by atoms with Crippen molar-refractivity contribution in [2.45, 2.75) is 32.4 Å². The van der Waals surface area contributed by atoms with Crippen LogP contribution in [0.1, 0.15) is 30.9 Å². The molecule has 3 rings (SSSR count). The summed E-state index contributed by atoms with van der Waals surface area (Å²) in [4.78, 5) is 16.9. The molecule has 2 aromatic rings. The molecule has 4 nitrogen and oxygen atoms in total. The van der Waals surface area contributed by atoms with Crippen molar-refractivity contribution in [3.63, 3.8) is 0 Å². The number of hydrogen-bond acceptors (Lipinski definition) is 4. The lowest BCUT2D eigenvalue weighted by molar-refractivity contribution is -0.160. The normalized spacial score (nSPS) is 16.4. The van der Waals surface area contributed by atoms with Crippen LogP contribution in [0.25, 0.3) is 11.1 Å². The van der Waals surface area contributed by atoms with Gasteiger partial charge in [-0.2, -0.15) is 13.2 Å². The molecule has 0 saturated carbocycles. The molecule has 0 spiro atoms. The quantitative estimate of drug-likeness (QED) is 0.437. The van der Waals surface area contributed by atoms with E-state index in [-0.39, 0.29) is 5.97 Å². The number of benzene rings is 2. The molecule has 1 heterocycles. The molecular formula is C24H26F3NO3. The third-order valence-corrected chi connectivity index (χ3v) is 5.51. The van der Waals surface area contributed by atoms with Gasteiger partial charge >= 0.3 is 12.1 Å². The molecule has 31 heavy (non-hydrogen) atoms. The molecule has 0 aromatic heterocycles. The Morgan fingerprint density at radius 1 is 1.06 bits per heavy atom. The number of alkyl halides is 3. The first-order valence-electron chi connectivity index (χ1n) is 10.3. The zero-order valence-electron chi connectivity index (χ0n) is 17.5. The van der Waals surface area contributed by atoms with Crippen LogP contribution in [0.4, 0.5) is 13.2 Å². The summed E-state index contributed by atoms with van der Waals surface area (Å²) in [6, 6.07) is 12.7.